The van der Waals surface area contributed by atoms with Crippen molar-refractivity contribution in [3.63, 3.8) is 0 Å². The molecule has 1 aromatic rings. The lowest BCUT2D eigenvalue weighted by molar-refractivity contribution is 0.568. The molecule has 1 aliphatic rings. The van der Waals surface area contributed by atoms with Gasteiger partial charge in [-0.25, -0.2) is 4.39 Å². The number of nitrogens with one attached hydrogen (secondary N) is 1. The van der Waals surface area contributed by atoms with Gasteiger partial charge in [0.25, 0.3) is 0 Å². The molecule has 0 bridgehead atoms. The van der Waals surface area contributed by atoms with Crippen LogP contribution in [0.25, 0.3) is 0 Å². The van der Waals surface area contributed by atoms with Gasteiger partial charge in [-0.2, -0.15) is 11.8 Å². The third-order valence-corrected chi connectivity index (χ3v) is 5.50. The summed E-state index contributed by atoms with van der Waals surface area (Å²) in [5, 5.41) is 4.57. The van der Waals surface area contributed by atoms with Gasteiger partial charge in [-0.1, -0.05) is 30.5 Å². The van der Waals surface area contributed by atoms with Crippen LogP contribution in [0, 0.1) is 5.82 Å². The molecule has 1 fully saturated rings. The Balaban J connectivity index is 1.86. The molecule has 0 amide bonds. The first-order valence-corrected chi connectivity index (χ1v) is 8.34. The molecule has 1 nitrogen and oxygen atoms in total. The van der Waals surface area contributed by atoms with E-state index in [1.54, 1.807) is 12.1 Å². The Bertz CT molecular complexity index is 407. The molecule has 0 spiro atoms. The van der Waals surface area contributed by atoms with E-state index in [2.05, 4.69) is 5.32 Å². The zero-order valence-electron chi connectivity index (χ0n) is 11.3. The van der Waals surface area contributed by atoms with E-state index in [4.69, 9.17) is 11.6 Å². The molecule has 1 aliphatic carbocycles. The Morgan fingerprint density at radius 3 is 2.79 bits per heavy atom. The molecule has 1 saturated carbocycles. The summed E-state index contributed by atoms with van der Waals surface area (Å²) >= 11 is 7.81. The molecule has 0 radical (unpaired) electrons. The molecule has 4 heteroatoms. The monoisotopic (exact) mass is 301 g/mol. The number of rotatable bonds is 6. The van der Waals surface area contributed by atoms with Crippen molar-refractivity contribution in [1.29, 1.82) is 0 Å². The molecule has 19 heavy (non-hydrogen) atoms. The zero-order valence-corrected chi connectivity index (χ0v) is 12.9. The van der Waals surface area contributed by atoms with Crippen LogP contribution in [0.1, 0.15) is 31.2 Å². The predicted molar refractivity (Wildman–Crippen MR) is 82.7 cm³/mol. The largest absolute Gasteiger partial charge is 0.316 e. The molecule has 1 unspecified atom stereocenters. The summed E-state index contributed by atoms with van der Waals surface area (Å²) < 4.78 is 13.8. The second-order valence-electron chi connectivity index (χ2n) is 5.17. The smallest absolute Gasteiger partial charge is 0.127 e. The maximum atomic E-state index is 13.8. The van der Waals surface area contributed by atoms with Crippen molar-refractivity contribution in [1.82, 2.24) is 5.32 Å². The van der Waals surface area contributed by atoms with Gasteiger partial charge in [0.2, 0.25) is 0 Å². The minimum absolute atomic E-state index is 0.196. The van der Waals surface area contributed by atoms with E-state index in [9.17, 15) is 4.39 Å². The second-order valence-corrected chi connectivity index (χ2v) is 6.94. The van der Waals surface area contributed by atoms with Gasteiger partial charge in [-0.3, -0.25) is 0 Å². The summed E-state index contributed by atoms with van der Waals surface area (Å²) in [6.45, 7) is 0. The molecule has 1 aromatic carbocycles. The Hall–Kier alpha value is -0.250. The molecular weight excluding hydrogens is 281 g/mol. The summed E-state index contributed by atoms with van der Waals surface area (Å²) in [6, 6.07) is 5.27. The van der Waals surface area contributed by atoms with Gasteiger partial charge in [-0.15, -0.1) is 0 Å². The van der Waals surface area contributed by atoms with E-state index in [1.165, 1.54) is 31.7 Å². The van der Waals surface area contributed by atoms with Crippen LogP contribution in [-0.4, -0.2) is 24.1 Å². The minimum atomic E-state index is -0.196. The third-order valence-electron chi connectivity index (χ3n) is 3.72. The summed E-state index contributed by atoms with van der Waals surface area (Å²) in [5.74, 6) is 0.849. The minimum Gasteiger partial charge on any atom is -0.316 e. The molecule has 0 aliphatic heterocycles. The Kier molecular flexibility index (Phi) is 5.99. The van der Waals surface area contributed by atoms with Gasteiger partial charge in [0, 0.05) is 22.1 Å². The van der Waals surface area contributed by atoms with Crippen LogP contribution in [0.15, 0.2) is 18.2 Å². The van der Waals surface area contributed by atoms with E-state index in [0.717, 1.165) is 23.0 Å². The molecule has 0 saturated heterocycles. The van der Waals surface area contributed by atoms with Gasteiger partial charge in [0.05, 0.1) is 0 Å². The van der Waals surface area contributed by atoms with E-state index in [-0.39, 0.29) is 5.82 Å². The fourth-order valence-corrected chi connectivity index (χ4v) is 4.12. The maximum Gasteiger partial charge on any atom is 0.127 e. The highest BCUT2D eigenvalue weighted by Crippen LogP contribution is 2.30. The van der Waals surface area contributed by atoms with Crippen molar-refractivity contribution < 1.29 is 4.39 Å². The summed E-state index contributed by atoms with van der Waals surface area (Å²) in [5.41, 5.74) is 0.746. The molecular formula is C15H21ClFNS. The van der Waals surface area contributed by atoms with Crippen LogP contribution in [0.3, 0.4) is 0 Å². The highest BCUT2D eigenvalue weighted by atomic mass is 35.5. The van der Waals surface area contributed by atoms with Crippen LogP contribution in [-0.2, 0) is 6.42 Å². The van der Waals surface area contributed by atoms with Crippen molar-refractivity contribution >= 4 is 23.4 Å². The standard InChI is InChI=1S/C15H21ClFNS/c1-18-13(10-19-14-4-2-3-5-14)8-11-6-7-12(16)9-15(11)17/h6-7,9,13-14,18H,2-5,8,10H2,1H3. The van der Waals surface area contributed by atoms with Gasteiger partial charge in [-0.05, 0) is 44.0 Å². The number of hydrogen-bond acceptors (Lipinski definition) is 2. The average molecular weight is 302 g/mol. The molecule has 0 aromatic heterocycles. The Labute approximate surface area is 124 Å². The third kappa shape index (κ3) is 4.66. The number of hydrogen-bond donors (Lipinski definition) is 1. The maximum absolute atomic E-state index is 13.8. The van der Waals surface area contributed by atoms with Crippen LogP contribution in [0.2, 0.25) is 5.02 Å². The number of benzene rings is 1. The van der Waals surface area contributed by atoms with E-state index in [1.807, 2.05) is 18.8 Å². The zero-order chi connectivity index (χ0) is 13.7. The SMILES string of the molecule is CNC(CSC1CCCC1)Cc1ccc(Cl)cc1F. The van der Waals surface area contributed by atoms with E-state index < -0.39 is 0 Å². The fraction of sp³-hybridized carbons (Fsp3) is 0.600. The van der Waals surface area contributed by atoms with Gasteiger partial charge in [0.1, 0.15) is 5.82 Å². The van der Waals surface area contributed by atoms with Crippen molar-refractivity contribution in [2.24, 2.45) is 0 Å². The first-order valence-electron chi connectivity index (χ1n) is 6.92. The summed E-state index contributed by atoms with van der Waals surface area (Å²) in [7, 11) is 1.95. The molecule has 106 valence electrons. The topological polar surface area (TPSA) is 12.0 Å². The number of thioether (sulfide) groups is 1. The van der Waals surface area contributed by atoms with Crippen molar-refractivity contribution in [2.75, 3.05) is 12.8 Å². The second kappa shape index (κ2) is 7.51. The Morgan fingerprint density at radius 1 is 1.42 bits per heavy atom. The van der Waals surface area contributed by atoms with Gasteiger partial charge in [0.15, 0.2) is 0 Å². The number of halogens is 2. The lowest BCUT2D eigenvalue weighted by Crippen LogP contribution is -2.31. The molecule has 1 atom stereocenters. The van der Waals surface area contributed by atoms with Crippen molar-refractivity contribution in [3.8, 4) is 0 Å². The summed E-state index contributed by atoms with van der Waals surface area (Å²) in [6.07, 6.45) is 6.15. The lowest BCUT2D eigenvalue weighted by Gasteiger charge is -2.18. The van der Waals surface area contributed by atoms with Crippen molar-refractivity contribution in [2.45, 2.75) is 43.4 Å². The highest BCUT2D eigenvalue weighted by molar-refractivity contribution is 7.99. The quantitative estimate of drug-likeness (QED) is 0.841. The average Bonchev–Trinajstić information content (AvgIpc) is 2.90. The van der Waals surface area contributed by atoms with Gasteiger partial charge >= 0.3 is 0 Å². The fourth-order valence-electron chi connectivity index (χ4n) is 2.50. The van der Waals surface area contributed by atoms with Crippen molar-refractivity contribution in [3.05, 3.63) is 34.6 Å². The first-order chi connectivity index (χ1) is 9.19. The van der Waals surface area contributed by atoms with Crippen LogP contribution >= 0.6 is 23.4 Å². The molecule has 2 rings (SSSR count). The highest BCUT2D eigenvalue weighted by Gasteiger charge is 2.18. The van der Waals surface area contributed by atoms with E-state index in [0.29, 0.717) is 11.1 Å². The number of likely N-dealkylation sites (N-methyl/N-ethyl adjacent to an activating group) is 1. The van der Waals surface area contributed by atoms with Crippen LogP contribution in [0.4, 0.5) is 4.39 Å². The van der Waals surface area contributed by atoms with Crippen LogP contribution in [0.5, 0.6) is 0 Å². The van der Waals surface area contributed by atoms with Crippen LogP contribution < -0.4 is 5.32 Å². The predicted octanol–water partition coefficient (Wildman–Crippen LogP) is 4.29. The normalized spacial score (nSPS) is 17.8. The van der Waals surface area contributed by atoms with E-state index >= 15 is 0 Å². The molecule has 1 N–H and O–H groups in total. The van der Waals surface area contributed by atoms with Gasteiger partial charge < -0.3 is 5.32 Å². The Morgan fingerprint density at radius 2 is 2.16 bits per heavy atom. The first kappa shape index (κ1) is 15.1. The lowest BCUT2D eigenvalue weighted by atomic mass is 10.1. The summed E-state index contributed by atoms with van der Waals surface area (Å²) in [4.78, 5) is 0. The molecule has 0 heterocycles.